The van der Waals surface area contributed by atoms with Gasteiger partial charge in [0.1, 0.15) is 19.3 Å². The average Bonchev–Trinajstić information content (AvgIpc) is 0.980. The van der Waals surface area contributed by atoms with Crippen LogP contribution in [-0.2, 0) is 65.4 Å². The molecule has 0 bridgehead atoms. The van der Waals surface area contributed by atoms with Gasteiger partial charge in [0.15, 0.2) is 12.2 Å². The minimum atomic E-state index is -4.99. The van der Waals surface area contributed by atoms with Crippen LogP contribution in [0.5, 0.6) is 0 Å². The highest BCUT2D eigenvalue weighted by molar-refractivity contribution is 7.47. The van der Waals surface area contributed by atoms with Crippen molar-refractivity contribution in [1.82, 2.24) is 0 Å². The van der Waals surface area contributed by atoms with Crippen LogP contribution in [0.1, 0.15) is 297 Å². The summed E-state index contributed by atoms with van der Waals surface area (Å²) in [5.74, 6) is -2.28. The van der Waals surface area contributed by atoms with Crippen molar-refractivity contribution >= 4 is 39.5 Å². The minimum Gasteiger partial charge on any atom is -0.462 e. The fourth-order valence-corrected chi connectivity index (χ4v) is 11.3. The number of hydrogen-bond acceptors (Lipinski definition) is 15. The van der Waals surface area contributed by atoms with Crippen LogP contribution in [-0.4, -0.2) is 96.7 Å². The number of carbonyl (C=O) groups is 4. The van der Waals surface area contributed by atoms with E-state index in [0.29, 0.717) is 32.1 Å². The number of esters is 4. The molecule has 3 N–H and O–H groups in total. The molecule has 0 amide bonds. The van der Waals surface area contributed by atoms with E-state index in [1.54, 1.807) is 0 Å². The van der Waals surface area contributed by atoms with E-state index < -0.39 is 97.5 Å². The van der Waals surface area contributed by atoms with Gasteiger partial charge in [-0.1, -0.05) is 265 Å². The molecule has 0 radical (unpaired) electrons. The van der Waals surface area contributed by atoms with Gasteiger partial charge in [-0.2, -0.15) is 0 Å². The number of rotatable bonds is 70. The fourth-order valence-electron chi connectivity index (χ4n) is 9.71. The molecule has 0 fully saturated rings. The molecule has 0 aromatic heterocycles. The van der Waals surface area contributed by atoms with E-state index in [1.165, 1.54) is 64.2 Å². The standard InChI is InChI=1S/C79H134O17P2/c1-5-9-13-17-21-25-29-32-34-36-38-41-45-48-52-56-60-64-77(82)90-70-75(96-79(84)66-62-58-54-50-46-42-39-37-35-33-30-26-22-18-14-10-6-2)72-94-98(87,88)92-68-73(80)67-91-97(85,86)93-71-74(95-78(83)65-61-57-53-49-43-28-24-20-16-12-8-4)69-89-76(81)63-59-55-51-47-44-40-31-27-23-19-15-11-7-3/h9-10,13-14,21-22,25-27,31-35,38-39,41-42,48,52,73-75,80H,5-8,11-12,15-20,23-24,28-30,36-37,40,43-47,49-51,53-72H2,1-4H3,(H,85,86)(H,87,88)/b13-9-,14-10-,25-21-,26-22-,31-27-,34-32-,35-33-,41-38-,42-39-,52-48-. The van der Waals surface area contributed by atoms with E-state index in [4.69, 9.17) is 37.0 Å². The average molecular weight is 1420 g/mol. The largest absolute Gasteiger partial charge is 0.472 e. The Bertz CT molecular complexity index is 2340. The van der Waals surface area contributed by atoms with Gasteiger partial charge in [0, 0.05) is 25.7 Å². The number of unbranched alkanes of at least 4 members (excludes halogenated alkanes) is 24. The summed E-state index contributed by atoms with van der Waals surface area (Å²) < 4.78 is 68.3. The molecule has 0 spiro atoms. The Morgan fingerprint density at radius 2 is 0.541 bits per heavy atom. The smallest absolute Gasteiger partial charge is 0.462 e. The third-order valence-corrected chi connectivity index (χ3v) is 17.3. The van der Waals surface area contributed by atoms with Crippen molar-refractivity contribution < 1.29 is 80.2 Å². The highest BCUT2D eigenvalue weighted by atomic mass is 31.2. The maximum absolute atomic E-state index is 13.1. The van der Waals surface area contributed by atoms with E-state index >= 15 is 0 Å². The summed E-state index contributed by atoms with van der Waals surface area (Å²) in [6, 6.07) is 0. The zero-order valence-electron chi connectivity index (χ0n) is 61.2. The van der Waals surface area contributed by atoms with E-state index in [1.807, 2.05) is 12.2 Å². The van der Waals surface area contributed by atoms with Gasteiger partial charge >= 0.3 is 39.5 Å². The van der Waals surface area contributed by atoms with E-state index in [-0.39, 0.29) is 25.7 Å². The van der Waals surface area contributed by atoms with Gasteiger partial charge in [-0.15, -0.1) is 0 Å². The molecular weight excluding hydrogens is 1280 g/mol. The zero-order chi connectivity index (χ0) is 71.8. The lowest BCUT2D eigenvalue weighted by atomic mass is 10.1. The van der Waals surface area contributed by atoms with Crippen LogP contribution in [0.3, 0.4) is 0 Å². The Kier molecular flexibility index (Phi) is 67.6. The number of hydrogen-bond donors (Lipinski definition) is 3. The van der Waals surface area contributed by atoms with Gasteiger partial charge < -0.3 is 33.8 Å². The second-order valence-corrected chi connectivity index (χ2v) is 27.7. The van der Waals surface area contributed by atoms with Crippen LogP contribution < -0.4 is 0 Å². The Morgan fingerprint density at radius 1 is 0.296 bits per heavy atom. The van der Waals surface area contributed by atoms with Crippen LogP contribution in [0.2, 0.25) is 0 Å². The normalized spacial score (nSPS) is 14.6. The first-order valence-corrected chi connectivity index (χ1v) is 40.8. The first-order chi connectivity index (χ1) is 47.7. The molecule has 0 heterocycles. The number of carbonyl (C=O) groups excluding carboxylic acids is 4. The summed E-state index contributed by atoms with van der Waals surface area (Å²) in [6.45, 7) is 4.52. The van der Waals surface area contributed by atoms with Crippen molar-refractivity contribution in [3.63, 3.8) is 0 Å². The highest BCUT2D eigenvalue weighted by Gasteiger charge is 2.30. The predicted molar refractivity (Wildman–Crippen MR) is 399 cm³/mol. The lowest BCUT2D eigenvalue weighted by molar-refractivity contribution is -0.161. The lowest BCUT2D eigenvalue weighted by Gasteiger charge is -2.21. The van der Waals surface area contributed by atoms with Crippen LogP contribution >= 0.6 is 15.6 Å². The summed E-state index contributed by atoms with van der Waals surface area (Å²) in [7, 11) is -9.97. The molecule has 5 atom stereocenters. The number of aliphatic hydroxyl groups is 1. The Morgan fingerprint density at radius 3 is 0.878 bits per heavy atom. The van der Waals surface area contributed by atoms with Crippen molar-refractivity contribution in [2.24, 2.45) is 0 Å². The summed E-state index contributed by atoms with van der Waals surface area (Å²) in [5, 5.41) is 10.6. The molecule has 0 rings (SSSR count). The molecule has 17 nitrogen and oxygen atoms in total. The second kappa shape index (κ2) is 70.9. The molecule has 0 aliphatic rings. The van der Waals surface area contributed by atoms with Crippen LogP contribution in [0.25, 0.3) is 0 Å². The van der Waals surface area contributed by atoms with E-state index in [9.17, 15) is 43.2 Å². The van der Waals surface area contributed by atoms with Crippen molar-refractivity contribution in [3.8, 4) is 0 Å². The quantitative estimate of drug-likeness (QED) is 0.0169. The molecule has 0 aromatic rings. The third kappa shape index (κ3) is 69.9. The Balaban J connectivity index is 5.42. The fraction of sp³-hybridized carbons (Fsp3) is 0.696. The first kappa shape index (κ1) is 93.5. The van der Waals surface area contributed by atoms with Gasteiger partial charge in [-0.05, 0) is 128 Å². The molecular formula is C79H134O17P2. The number of aliphatic hydroxyl groups excluding tert-OH is 1. The lowest BCUT2D eigenvalue weighted by Crippen LogP contribution is -2.30. The number of allylic oxidation sites excluding steroid dienone is 20. The Hall–Kier alpha value is -4.54. The van der Waals surface area contributed by atoms with E-state index in [0.717, 1.165) is 148 Å². The number of phosphoric acid groups is 2. The van der Waals surface area contributed by atoms with Gasteiger partial charge in [0.25, 0.3) is 0 Å². The molecule has 0 aromatic carbocycles. The van der Waals surface area contributed by atoms with Gasteiger partial charge in [-0.25, -0.2) is 9.13 Å². The van der Waals surface area contributed by atoms with Gasteiger partial charge in [0.05, 0.1) is 26.4 Å². The molecule has 0 aliphatic carbocycles. The predicted octanol–water partition coefficient (Wildman–Crippen LogP) is 21.6. The minimum absolute atomic E-state index is 0.0521. The van der Waals surface area contributed by atoms with Crippen molar-refractivity contribution in [2.75, 3.05) is 39.6 Å². The molecule has 0 saturated carbocycles. The third-order valence-electron chi connectivity index (χ3n) is 15.4. The summed E-state index contributed by atoms with van der Waals surface area (Å²) in [4.78, 5) is 72.8. The maximum Gasteiger partial charge on any atom is 0.472 e. The molecule has 5 unspecified atom stereocenters. The number of ether oxygens (including phenoxy) is 4. The monoisotopic (exact) mass is 1420 g/mol. The van der Waals surface area contributed by atoms with Gasteiger partial charge in [0.2, 0.25) is 0 Å². The summed E-state index contributed by atoms with van der Waals surface area (Å²) >= 11 is 0. The summed E-state index contributed by atoms with van der Waals surface area (Å²) in [5.41, 5.74) is 0. The van der Waals surface area contributed by atoms with Crippen molar-refractivity contribution in [3.05, 3.63) is 122 Å². The number of phosphoric ester groups is 2. The summed E-state index contributed by atoms with van der Waals surface area (Å²) in [6.07, 6.45) is 76.3. The van der Waals surface area contributed by atoms with Crippen LogP contribution in [0, 0.1) is 0 Å². The topological polar surface area (TPSA) is 237 Å². The van der Waals surface area contributed by atoms with Crippen LogP contribution in [0.15, 0.2) is 122 Å². The molecule has 562 valence electrons. The SMILES string of the molecule is CC/C=C\C/C=C\C/C=C\C/C=C\C/C=C\CCCC(=O)OCC(COP(=O)(O)OCC(O)COP(=O)(O)OCC(COC(=O)CCCCCCC/C=C\CCCCCC)OC(=O)CCCCCCCCCCCCC)OC(=O)CCCCCC/C=C\C/C=C\C/C=C\C/C=C\CC. The molecule has 98 heavy (non-hydrogen) atoms. The Labute approximate surface area is 593 Å². The van der Waals surface area contributed by atoms with E-state index in [2.05, 4.69) is 137 Å². The first-order valence-electron chi connectivity index (χ1n) is 37.8. The van der Waals surface area contributed by atoms with Crippen LogP contribution in [0.4, 0.5) is 0 Å². The van der Waals surface area contributed by atoms with Crippen molar-refractivity contribution in [2.45, 2.75) is 316 Å². The maximum atomic E-state index is 13.1. The molecule has 0 aliphatic heterocycles. The molecule has 19 heteroatoms. The van der Waals surface area contributed by atoms with Crippen molar-refractivity contribution in [1.29, 1.82) is 0 Å². The zero-order valence-corrected chi connectivity index (χ0v) is 63.0. The highest BCUT2D eigenvalue weighted by Crippen LogP contribution is 2.45. The molecule has 0 saturated heterocycles. The second-order valence-electron chi connectivity index (χ2n) is 24.8. The van der Waals surface area contributed by atoms with Gasteiger partial charge in [-0.3, -0.25) is 37.3 Å².